The van der Waals surface area contributed by atoms with E-state index in [9.17, 15) is 0 Å². The molecule has 0 bridgehead atoms. The van der Waals surface area contributed by atoms with E-state index in [1.807, 2.05) is 0 Å². The van der Waals surface area contributed by atoms with Crippen LogP contribution in [0.2, 0.25) is 58.9 Å². The van der Waals surface area contributed by atoms with Crippen LogP contribution in [0.5, 0.6) is 0 Å². The predicted molar refractivity (Wildman–Crippen MR) is 103 cm³/mol. The average Bonchev–Trinajstić information content (AvgIpc) is 2.23. The first kappa shape index (κ1) is 17.5. The predicted octanol–water partition coefficient (Wildman–Crippen LogP) is 3.30. The van der Waals surface area contributed by atoms with Crippen molar-refractivity contribution in [1.29, 1.82) is 0 Å². The second-order valence-corrected chi connectivity index (χ2v) is 23.8. The number of terminal acetylenes is 1. The molecule has 20 heavy (non-hydrogen) atoms. The molecular formula is C17H30Si3. The summed E-state index contributed by atoms with van der Waals surface area (Å²) in [5.74, 6) is 2.97. The van der Waals surface area contributed by atoms with Crippen LogP contribution < -0.4 is 15.6 Å². The highest BCUT2D eigenvalue weighted by molar-refractivity contribution is 7.04. The molecule has 1 aromatic carbocycles. The van der Waals surface area contributed by atoms with Crippen LogP contribution in [0.25, 0.3) is 0 Å². The lowest BCUT2D eigenvalue weighted by Crippen LogP contribution is -2.67. The van der Waals surface area contributed by atoms with Gasteiger partial charge in [-0.15, -0.1) is 6.42 Å². The van der Waals surface area contributed by atoms with Gasteiger partial charge in [0.1, 0.15) is 0 Å². The van der Waals surface area contributed by atoms with Crippen LogP contribution in [-0.2, 0) is 0 Å². The van der Waals surface area contributed by atoms with E-state index in [1.54, 1.807) is 15.6 Å². The third-order valence-corrected chi connectivity index (χ3v) is 10.2. The average molecular weight is 319 g/mol. The summed E-state index contributed by atoms with van der Waals surface area (Å²) >= 11 is 0. The summed E-state index contributed by atoms with van der Waals surface area (Å²) in [5.41, 5.74) is 1.16. The van der Waals surface area contributed by atoms with Gasteiger partial charge in [0.2, 0.25) is 0 Å². The van der Waals surface area contributed by atoms with Crippen LogP contribution >= 0.6 is 0 Å². The standard InChI is InChI=1S/C17H30Si3/c1-11-14-12-13-15(18(2,3)4)17(20(8,9)10)16(14)19(5,6)7/h1,12-13H,2-10H3. The highest BCUT2D eigenvalue weighted by Gasteiger charge is 2.35. The maximum atomic E-state index is 5.82. The molecule has 0 nitrogen and oxygen atoms in total. The van der Waals surface area contributed by atoms with Crippen molar-refractivity contribution in [1.82, 2.24) is 0 Å². The summed E-state index contributed by atoms with van der Waals surface area (Å²) in [5, 5.41) is 4.90. The van der Waals surface area contributed by atoms with Crippen molar-refractivity contribution >= 4 is 39.8 Å². The molecule has 1 aromatic rings. The summed E-state index contributed by atoms with van der Waals surface area (Å²) in [4.78, 5) is 0. The van der Waals surface area contributed by atoms with Crippen molar-refractivity contribution in [3.8, 4) is 12.3 Å². The molecule has 110 valence electrons. The van der Waals surface area contributed by atoms with E-state index in [1.165, 1.54) is 0 Å². The highest BCUT2D eigenvalue weighted by Crippen LogP contribution is 2.12. The largest absolute Gasteiger partial charge is 0.115 e. The first-order valence-corrected chi connectivity index (χ1v) is 17.9. The Morgan fingerprint density at radius 1 is 0.700 bits per heavy atom. The van der Waals surface area contributed by atoms with E-state index in [0.717, 1.165) is 5.56 Å². The molecule has 3 heteroatoms. The van der Waals surface area contributed by atoms with Gasteiger partial charge < -0.3 is 0 Å². The Bertz CT molecular complexity index is 544. The molecule has 0 saturated heterocycles. The van der Waals surface area contributed by atoms with Gasteiger partial charge in [0.25, 0.3) is 0 Å². The number of hydrogen-bond acceptors (Lipinski definition) is 0. The fraction of sp³-hybridized carbons (Fsp3) is 0.529. The second kappa shape index (κ2) is 5.32. The Morgan fingerprint density at radius 2 is 1.15 bits per heavy atom. The topological polar surface area (TPSA) is 0 Å². The van der Waals surface area contributed by atoms with Crippen molar-refractivity contribution < 1.29 is 0 Å². The zero-order valence-corrected chi connectivity index (χ0v) is 17.7. The normalized spacial score (nSPS) is 13.2. The Balaban J connectivity index is 3.93. The molecule has 0 N–H and O–H groups in total. The van der Waals surface area contributed by atoms with Crippen LogP contribution in [0.4, 0.5) is 0 Å². The summed E-state index contributed by atoms with van der Waals surface area (Å²) in [7, 11) is -4.21. The third-order valence-electron chi connectivity index (χ3n) is 3.67. The summed E-state index contributed by atoms with van der Waals surface area (Å²) in [6, 6.07) is 4.56. The number of hydrogen-bond donors (Lipinski definition) is 0. The van der Waals surface area contributed by atoms with Gasteiger partial charge in [-0.1, -0.05) is 81.3 Å². The van der Waals surface area contributed by atoms with Crippen molar-refractivity contribution in [3.63, 3.8) is 0 Å². The van der Waals surface area contributed by atoms with Crippen LogP contribution in [-0.4, -0.2) is 24.2 Å². The molecule has 0 fully saturated rings. The van der Waals surface area contributed by atoms with E-state index in [0.29, 0.717) is 0 Å². The zero-order chi connectivity index (χ0) is 15.9. The lowest BCUT2D eigenvalue weighted by molar-refractivity contribution is 1.63. The van der Waals surface area contributed by atoms with Crippen molar-refractivity contribution in [2.24, 2.45) is 0 Å². The molecule has 0 aliphatic carbocycles. The molecule has 0 spiro atoms. The van der Waals surface area contributed by atoms with Crippen LogP contribution in [0.15, 0.2) is 12.1 Å². The maximum absolute atomic E-state index is 5.82. The molecule has 0 amide bonds. The minimum absolute atomic E-state index is 1.16. The van der Waals surface area contributed by atoms with E-state index in [2.05, 4.69) is 77.0 Å². The lowest BCUT2D eigenvalue weighted by atomic mass is 10.2. The van der Waals surface area contributed by atoms with Gasteiger partial charge in [-0.25, -0.2) is 0 Å². The van der Waals surface area contributed by atoms with E-state index in [-0.39, 0.29) is 0 Å². The van der Waals surface area contributed by atoms with Gasteiger partial charge in [0.15, 0.2) is 0 Å². The molecule has 0 aliphatic rings. The SMILES string of the molecule is C#Cc1ccc([Si](C)(C)C)c([Si](C)(C)C)c1[Si](C)(C)C. The first-order valence-electron chi connectivity index (χ1n) is 7.45. The van der Waals surface area contributed by atoms with Gasteiger partial charge in [0, 0.05) is 5.56 Å². The molecule has 0 saturated carbocycles. The minimum Gasteiger partial charge on any atom is -0.115 e. The highest BCUT2D eigenvalue weighted by atomic mass is 28.3. The van der Waals surface area contributed by atoms with Crippen LogP contribution in [0, 0.1) is 12.3 Å². The van der Waals surface area contributed by atoms with Gasteiger partial charge in [-0.3, -0.25) is 0 Å². The van der Waals surface area contributed by atoms with Crippen LogP contribution in [0.3, 0.4) is 0 Å². The van der Waals surface area contributed by atoms with E-state index < -0.39 is 24.2 Å². The first-order chi connectivity index (χ1) is 8.80. The van der Waals surface area contributed by atoms with Gasteiger partial charge >= 0.3 is 0 Å². The zero-order valence-electron chi connectivity index (χ0n) is 14.7. The molecule has 0 radical (unpaired) electrons. The van der Waals surface area contributed by atoms with E-state index in [4.69, 9.17) is 6.42 Å². The molecule has 1 rings (SSSR count). The van der Waals surface area contributed by atoms with Crippen molar-refractivity contribution in [2.75, 3.05) is 0 Å². The van der Waals surface area contributed by atoms with Crippen molar-refractivity contribution in [2.45, 2.75) is 58.9 Å². The fourth-order valence-electron chi connectivity index (χ4n) is 2.91. The lowest BCUT2D eigenvalue weighted by Gasteiger charge is -2.35. The monoisotopic (exact) mass is 318 g/mol. The Labute approximate surface area is 129 Å². The van der Waals surface area contributed by atoms with Gasteiger partial charge in [0.05, 0.1) is 24.2 Å². The third kappa shape index (κ3) is 3.55. The molecule has 0 aromatic heterocycles. The number of benzene rings is 1. The maximum Gasteiger partial charge on any atom is 0.0790 e. The van der Waals surface area contributed by atoms with E-state index >= 15 is 0 Å². The molecule has 0 heterocycles. The molecule has 0 aliphatic heterocycles. The van der Waals surface area contributed by atoms with Gasteiger partial charge in [-0.2, -0.15) is 0 Å². The Hall–Kier alpha value is -0.569. The molecule has 0 atom stereocenters. The summed E-state index contributed by atoms with van der Waals surface area (Å²) < 4.78 is 0. The van der Waals surface area contributed by atoms with Crippen molar-refractivity contribution in [3.05, 3.63) is 17.7 Å². The van der Waals surface area contributed by atoms with Crippen LogP contribution in [0.1, 0.15) is 5.56 Å². The second-order valence-electron chi connectivity index (χ2n) is 8.81. The quantitative estimate of drug-likeness (QED) is 0.592. The van der Waals surface area contributed by atoms with Gasteiger partial charge in [-0.05, 0) is 11.3 Å². The smallest absolute Gasteiger partial charge is 0.0790 e. The molecular weight excluding hydrogens is 288 g/mol. The Morgan fingerprint density at radius 3 is 1.45 bits per heavy atom. The minimum atomic E-state index is -1.45. The number of rotatable bonds is 3. The Kier molecular flexibility index (Phi) is 4.65. The summed E-state index contributed by atoms with van der Waals surface area (Å²) in [6.45, 7) is 22.1. The summed E-state index contributed by atoms with van der Waals surface area (Å²) in [6.07, 6.45) is 5.82. The fourth-order valence-corrected chi connectivity index (χ4v) is 12.6. The molecule has 0 unspecified atom stereocenters.